The molecule has 2 unspecified atom stereocenters. The summed E-state index contributed by atoms with van der Waals surface area (Å²) in [6, 6.07) is -1.13. The number of ether oxygens (including phenoxy) is 5. The lowest BCUT2D eigenvalue weighted by molar-refractivity contribution is -0.302. The highest BCUT2D eigenvalue weighted by Gasteiger charge is 2.56. The van der Waals surface area contributed by atoms with Gasteiger partial charge in [0.05, 0.1) is 30.5 Å². The topological polar surface area (TPSA) is 178 Å². The van der Waals surface area contributed by atoms with E-state index in [1.807, 2.05) is 13.0 Å². The number of amides is 1. The number of carbonyl (C=O) groups excluding carboxylic acids is 4. The number of methoxy groups -OCH3 is 3. The number of rotatable bonds is 7. The smallest absolute Gasteiger partial charge is 0.329 e. The fraction of sp³-hybridized carbons (Fsp3) is 0.818. The van der Waals surface area contributed by atoms with Gasteiger partial charge >= 0.3 is 5.97 Å². The average molecular weight is 806 g/mol. The quantitative estimate of drug-likeness (QED) is 0.184. The number of fused-ring (bicyclic) bond motifs is 3. The molecule has 2 bridgehead atoms. The van der Waals surface area contributed by atoms with Gasteiger partial charge in [-0.2, -0.15) is 0 Å². The Balaban J connectivity index is 1.76. The summed E-state index contributed by atoms with van der Waals surface area (Å²) >= 11 is 0. The molecule has 1 saturated carbocycles. The van der Waals surface area contributed by atoms with Crippen LogP contribution in [0.2, 0.25) is 0 Å². The molecule has 0 aromatic heterocycles. The first-order valence-corrected chi connectivity index (χ1v) is 21.2. The molecule has 0 aromatic rings. The van der Waals surface area contributed by atoms with Crippen molar-refractivity contribution in [3.63, 3.8) is 0 Å². The molecule has 1 amide bonds. The maximum absolute atomic E-state index is 14.3. The summed E-state index contributed by atoms with van der Waals surface area (Å²) < 4.78 is 29.8. The molecule has 4 aliphatic rings. The van der Waals surface area contributed by atoms with Crippen molar-refractivity contribution in [2.24, 2.45) is 35.5 Å². The highest BCUT2D eigenvalue weighted by molar-refractivity contribution is 6.39. The molecule has 1 aliphatic carbocycles. The van der Waals surface area contributed by atoms with Gasteiger partial charge in [-0.05, 0) is 101 Å². The zero-order valence-electron chi connectivity index (χ0n) is 35.6. The van der Waals surface area contributed by atoms with E-state index in [1.54, 1.807) is 27.0 Å². The third-order valence-electron chi connectivity index (χ3n) is 13.3. The Labute approximate surface area is 339 Å². The van der Waals surface area contributed by atoms with Crippen molar-refractivity contribution < 1.29 is 58.2 Å². The molecule has 4 fully saturated rings. The summed E-state index contributed by atoms with van der Waals surface area (Å²) in [5.41, 5.74) is 0.664. The molecule has 13 nitrogen and oxygen atoms in total. The van der Waals surface area contributed by atoms with Crippen molar-refractivity contribution in [1.29, 1.82) is 0 Å². The van der Waals surface area contributed by atoms with Crippen molar-refractivity contribution in [1.82, 2.24) is 4.90 Å². The molecular weight excluding hydrogens is 734 g/mol. The predicted octanol–water partition coefficient (Wildman–Crippen LogP) is 4.72. The number of allylic oxidation sites excluding steroid dienone is 2. The number of ketones is 2. The minimum absolute atomic E-state index is 0.00291. The van der Waals surface area contributed by atoms with Crippen molar-refractivity contribution in [3.05, 3.63) is 24.3 Å². The number of esters is 1. The summed E-state index contributed by atoms with van der Waals surface area (Å²) in [5, 5.41) is 34.2. The Morgan fingerprint density at radius 1 is 0.860 bits per heavy atom. The maximum Gasteiger partial charge on any atom is 0.329 e. The molecule has 13 heteroatoms. The largest absolute Gasteiger partial charge is 0.456 e. The summed E-state index contributed by atoms with van der Waals surface area (Å²) in [5.74, 6) is -7.27. The van der Waals surface area contributed by atoms with Crippen molar-refractivity contribution >= 4 is 23.4 Å². The third-order valence-corrected chi connectivity index (χ3v) is 13.3. The van der Waals surface area contributed by atoms with Gasteiger partial charge in [-0.25, -0.2) is 4.79 Å². The van der Waals surface area contributed by atoms with Crippen LogP contribution in [0.1, 0.15) is 112 Å². The number of aliphatic hydroxyl groups excluding tert-OH is 2. The van der Waals surface area contributed by atoms with E-state index in [9.17, 15) is 34.5 Å². The van der Waals surface area contributed by atoms with Gasteiger partial charge in [-0.3, -0.25) is 14.4 Å². The van der Waals surface area contributed by atoms with E-state index >= 15 is 0 Å². The molecule has 3 heterocycles. The average Bonchev–Trinajstić information content (AvgIpc) is 3.18. The standard InChI is InChI=1S/C44H71NO12/c1-10-13-31-19-25(2)18-26(3)20-37(54-8)40-38(55-9)22-28(5)44(52,57-40)41(49)42(50)45-17-12-11-14-32(45)43(51)56-39(29(6)34(47)24-35(31)48)27(4)21-30-15-16-33(46)36(23-30)53-7/h10,21,25-26,28-34,36-40,46-47,52H,1,11-20,22-24H2,2-9H3/b27-21+/t25?,26-,28+,29+,30-,31+,32-,33+,34-,36+,37-,38-,39+,40?,44+/m0/s1. The lowest BCUT2D eigenvalue weighted by atomic mass is 9.79. The van der Waals surface area contributed by atoms with Crippen LogP contribution >= 0.6 is 0 Å². The third kappa shape index (κ3) is 11.4. The first kappa shape index (κ1) is 47.2. The van der Waals surface area contributed by atoms with Crippen LogP contribution in [0, 0.1) is 35.5 Å². The number of Topliss-reactive ketones (excluding diaryl/α,β-unsaturated/α-hetero) is 2. The van der Waals surface area contributed by atoms with Gasteiger partial charge in [0.1, 0.15) is 24.0 Å². The second-order valence-electron chi connectivity index (χ2n) is 17.7. The molecule has 0 spiro atoms. The number of aliphatic hydroxyl groups is 3. The molecule has 57 heavy (non-hydrogen) atoms. The van der Waals surface area contributed by atoms with Gasteiger partial charge in [-0.1, -0.05) is 39.8 Å². The fourth-order valence-electron chi connectivity index (χ4n) is 9.85. The summed E-state index contributed by atoms with van der Waals surface area (Å²) in [6.45, 7) is 13.4. The highest BCUT2D eigenvalue weighted by atomic mass is 16.7. The predicted molar refractivity (Wildman–Crippen MR) is 213 cm³/mol. The van der Waals surface area contributed by atoms with Crippen molar-refractivity contribution in [3.8, 4) is 0 Å². The zero-order valence-corrected chi connectivity index (χ0v) is 35.6. The lowest BCUT2D eigenvalue weighted by Crippen LogP contribution is -2.64. The SMILES string of the molecule is C=CC[C@@H]1CC(C)C[C@H](C)C[C@H](OC)C2O[C@@](O)(C(=O)C(=O)N3CCCC[C@H]3C(=O)O[C@H](/C(C)=C/[C@@H]3CC[C@@H](O)[C@H](OC)C3)[C@H](C)[C@@H](O)CC1=O)[C@H](C)C[C@@H]2OC. The first-order valence-electron chi connectivity index (χ1n) is 21.2. The molecule has 3 N–H and O–H groups in total. The van der Waals surface area contributed by atoms with Crippen LogP contribution in [0.25, 0.3) is 0 Å². The van der Waals surface area contributed by atoms with Crippen molar-refractivity contribution in [2.45, 2.75) is 166 Å². The second-order valence-corrected chi connectivity index (χ2v) is 17.7. The van der Waals surface area contributed by atoms with Crippen LogP contribution in [0.3, 0.4) is 0 Å². The molecule has 3 aliphatic heterocycles. The van der Waals surface area contributed by atoms with E-state index in [2.05, 4.69) is 20.4 Å². The minimum Gasteiger partial charge on any atom is -0.456 e. The Kier molecular flexibility index (Phi) is 17.5. The number of nitrogens with zero attached hydrogens (tertiary/aromatic N) is 1. The van der Waals surface area contributed by atoms with Gasteiger partial charge in [-0.15, -0.1) is 6.58 Å². The fourth-order valence-corrected chi connectivity index (χ4v) is 9.85. The number of hydrogen-bond donors (Lipinski definition) is 3. The van der Waals surface area contributed by atoms with Gasteiger partial charge in [0, 0.05) is 52.0 Å². The number of hydrogen-bond acceptors (Lipinski definition) is 12. The van der Waals surface area contributed by atoms with Crippen LogP contribution in [0.5, 0.6) is 0 Å². The van der Waals surface area contributed by atoms with Crippen molar-refractivity contribution in [2.75, 3.05) is 27.9 Å². The monoisotopic (exact) mass is 805 g/mol. The molecule has 4 rings (SSSR count). The molecule has 0 radical (unpaired) electrons. The number of carbonyl (C=O) groups is 4. The van der Waals surface area contributed by atoms with E-state index in [4.69, 9.17) is 23.7 Å². The van der Waals surface area contributed by atoms with Gasteiger partial charge < -0.3 is 43.9 Å². The van der Waals surface area contributed by atoms with Gasteiger partial charge in [0.15, 0.2) is 0 Å². The number of piperidine rings is 1. The first-order chi connectivity index (χ1) is 27.0. The van der Waals surface area contributed by atoms with E-state index in [0.717, 1.165) is 6.42 Å². The Morgan fingerprint density at radius 2 is 1.51 bits per heavy atom. The van der Waals surface area contributed by atoms with Crippen LogP contribution in [-0.4, -0.2) is 126 Å². The van der Waals surface area contributed by atoms with Crippen LogP contribution in [0.4, 0.5) is 0 Å². The second kappa shape index (κ2) is 21.1. The zero-order chi connectivity index (χ0) is 42.2. The Morgan fingerprint density at radius 3 is 2.16 bits per heavy atom. The summed E-state index contributed by atoms with van der Waals surface area (Å²) in [6.07, 6.45) is 4.10. The highest BCUT2D eigenvalue weighted by Crippen LogP contribution is 2.39. The number of cyclic esters (lactones) is 1. The summed E-state index contributed by atoms with van der Waals surface area (Å²) in [7, 11) is 4.64. The van der Waals surface area contributed by atoms with Crippen LogP contribution in [0.15, 0.2) is 24.3 Å². The van der Waals surface area contributed by atoms with E-state index in [0.29, 0.717) is 56.9 Å². The lowest BCUT2D eigenvalue weighted by Gasteiger charge is -2.47. The van der Waals surface area contributed by atoms with Crippen LogP contribution < -0.4 is 0 Å². The van der Waals surface area contributed by atoms with Gasteiger partial charge in [0.25, 0.3) is 11.7 Å². The van der Waals surface area contributed by atoms with E-state index in [1.165, 1.54) is 19.1 Å². The molecular formula is C44H71NO12. The molecule has 324 valence electrons. The van der Waals surface area contributed by atoms with E-state index in [-0.39, 0.29) is 61.4 Å². The maximum atomic E-state index is 14.3. The Bertz CT molecular complexity index is 1420. The molecule has 3 saturated heterocycles. The Hall–Kier alpha value is -2.52. The molecule has 15 atom stereocenters. The summed E-state index contributed by atoms with van der Waals surface area (Å²) in [4.78, 5) is 57.9. The minimum atomic E-state index is -2.50. The van der Waals surface area contributed by atoms with E-state index < -0.39 is 77.9 Å². The van der Waals surface area contributed by atoms with Gasteiger partial charge in [0.2, 0.25) is 5.79 Å². The normalized spacial score (nSPS) is 41.5. The van der Waals surface area contributed by atoms with Crippen LogP contribution in [-0.2, 0) is 42.9 Å². The molecule has 0 aromatic carbocycles.